The molecule has 1 saturated heterocycles. The van der Waals surface area contributed by atoms with Crippen molar-refractivity contribution >= 4 is 23.7 Å². The summed E-state index contributed by atoms with van der Waals surface area (Å²) in [5.74, 6) is -0.486. The molecule has 0 spiro atoms. The van der Waals surface area contributed by atoms with Crippen LogP contribution in [0.15, 0.2) is 42.5 Å². The highest BCUT2D eigenvalue weighted by Crippen LogP contribution is 2.42. The molecule has 4 rings (SSSR count). The predicted molar refractivity (Wildman–Crippen MR) is 85.0 cm³/mol. The zero-order valence-electron chi connectivity index (χ0n) is 12.8. The van der Waals surface area contributed by atoms with Gasteiger partial charge in [0.15, 0.2) is 4.87 Å². The number of fused-ring (bicyclic) bond motifs is 2. The molecule has 1 aromatic rings. The van der Waals surface area contributed by atoms with E-state index in [4.69, 9.17) is 21.1 Å². The fourth-order valence-corrected chi connectivity index (χ4v) is 3.66. The minimum Gasteiger partial charge on any atom is -0.468 e. The molecule has 3 atom stereocenters. The van der Waals surface area contributed by atoms with E-state index in [1.165, 1.54) is 12.0 Å². The molecule has 1 aliphatic carbocycles. The van der Waals surface area contributed by atoms with Crippen LogP contribution in [0.1, 0.15) is 12.0 Å². The van der Waals surface area contributed by atoms with Crippen molar-refractivity contribution < 1.29 is 19.1 Å². The normalized spacial score (nSPS) is 28.5. The van der Waals surface area contributed by atoms with E-state index in [-0.39, 0.29) is 12.5 Å². The summed E-state index contributed by atoms with van der Waals surface area (Å²) in [4.78, 5) is 24.8. The van der Waals surface area contributed by atoms with Crippen molar-refractivity contribution in [1.29, 1.82) is 0 Å². The molecular weight excluding hydrogens is 318 g/mol. The van der Waals surface area contributed by atoms with Crippen LogP contribution < -0.4 is 0 Å². The maximum absolute atomic E-state index is 12.4. The maximum atomic E-state index is 12.4. The number of rotatable bonds is 3. The molecular formula is C17H18ClNO4. The summed E-state index contributed by atoms with van der Waals surface area (Å²) in [6.07, 6.45) is 3.78. The summed E-state index contributed by atoms with van der Waals surface area (Å²) in [5, 5.41) is 0. The van der Waals surface area contributed by atoms with E-state index in [0.717, 1.165) is 5.56 Å². The van der Waals surface area contributed by atoms with Gasteiger partial charge in [0.2, 0.25) is 0 Å². The van der Waals surface area contributed by atoms with Crippen LogP contribution in [0.4, 0.5) is 4.79 Å². The third-order valence-corrected chi connectivity index (χ3v) is 4.86. The predicted octanol–water partition coefficient (Wildman–Crippen LogP) is 2.73. The van der Waals surface area contributed by atoms with E-state index in [0.29, 0.717) is 13.0 Å². The minimum absolute atomic E-state index is 0.0286. The van der Waals surface area contributed by atoms with Crippen LogP contribution in [0.3, 0.4) is 0 Å². The lowest BCUT2D eigenvalue weighted by Gasteiger charge is -2.48. The average Bonchev–Trinajstić information content (AvgIpc) is 2.60. The maximum Gasteiger partial charge on any atom is 0.410 e. The Labute approximate surface area is 139 Å². The van der Waals surface area contributed by atoms with E-state index in [9.17, 15) is 9.59 Å². The van der Waals surface area contributed by atoms with Gasteiger partial charge in [0, 0.05) is 6.54 Å². The monoisotopic (exact) mass is 335 g/mol. The van der Waals surface area contributed by atoms with E-state index in [1.807, 2.05) is 36.4 Å². The van der Waals surface area contributed by atoms with Crippen LogP contribution in [-0.2, 0) is 20.9 Å². The Hall–Kier alpha value is -2.01. The largest absolute Gasteiger partial charge is 0.468 e. The van der Waals surface area contributed by atoms with Crippen LogP contribution >= 0.6 is 11.6 Å². The number of esters is 1. The Morgan fingerprint density at radius 1 is 1.30 bits per heavy atom. The summed E-state index contributed by atoms with van der Waals surface area (Å²) in [7, 11) is 1.30. The summed E-state index contributed by atoms with van der Waals surface area (Å²) < 4.78 is 10.2. The average molecular weight is 336 g/mol. The third-order valence-electron chi connectivity index (χ3n) is 4.32. The molecule has 23 heavy (non-hydrogen) atoms. The molecule has 5 nitrogen and oxygen atoms in total. The Morgan fingerprint density at radius 3 is 2.70 bits per heavy atom. The number of amides is 1. The number of methoxy groups -OCH3 is 1. The number of hydrogen-bond donors (Lipinski definition) is 0. The molecule has 2 aliphatic heterocycles. The number of carbonyl (C=O) groups excluding carboxylic acids is 2. The number of carbonyl (C=O) groups is 2. The first-order valence-electron chi connectivity index (χ1n) is 7.47. The lowest BCUT2D eigenvalue weighted by Crippen LogP contribution is -2.63. The van der Waals surface area contributed by atoms with Crippen molar-refractivity contribution in [3.8, 4) is 0 Å². The van der Waals surface area contributed by atoms with Crippen LogP contribution in [0.25, 0.3) is 0 Å². The van der Waals surface area contributed by atoms with Gasteiger partial charge in [-0.05, 0) is 17.9 Å². The van der Waals surface area contributed by atoms with Crippen molar-refractivity contribution in [3.63, 3.8) is 0 Å². The van der Waals surface area contributed by atoms with Gasteiger partial charge in [-0.3, -0.25) is 9.69 Å². The van der Waals surface area contributed by atoms with Gasteiger partial charge in [0.05, 0.1) is 13.2 Å². The lowest BCUT2D eigenvalue weighted by atomic mass is 9.77. The van der Waals surface area contributed by atoms with Gasteiger partial charge >= 0.3 is 12.1 Å². The van der Waals surface area contributed by atoms with Gasteiger partial charge in [-0.15, -0.1) is 11.6 Å². The van der Waals surface area contributed by atoms with Crippen molar-refractivity contribution in [3.05, 3.63) is 48.0 Å². The molecule has 0 radical (unpaired) electrons. The molecule has 3 aliphatic rings. The molecule has 122 valence electrons. The van der Waals surface area contributed by atoms with Gasteiger partial charge in [0.25, 0.3) is 0 Å². The summed E-state index contributed by atoms with van der Waals surface area (Å²) in [5.41, 5.74) is 0.906. The van der Waals surface area contributed by atoms with Crippen molar-refractivity contribution in [2.75, 3.05) is 13.7 Å². The zero-order valence-corrected chi connectivity index (χ0v) is 13.5. The highest BCUT2D eigenvalue weighted by molar-refractivity contribution is 6.35. The number of benzene rings is 1. The molecule has 6 heteroatoms. The Kier molecular flexibility index (Phi) is 4.31. The van der Waals surface area contributed by atoms with Crippen molar-refractivity contribution in [1.82, 2.24) is 4.90 Å². The first-order chi connectivity index (χ1) is 11.0. The molecule has 1 fully saturated rings. The van der Waals surface area contributed by atoms with Gasteiger partial charge < -0.3 is 9.47 Å². The quantitative estimate of drug-likeness (QED) is 0.484. The van der Waals surface area contributed by atoms with Crippen molar-refractivity contribution in [2.45, 2.75) is 23.9 Å². The van der Waals surface area contributed by atoms with Gasteiger partial charge in [-0.2, -0.15) is 0 Å². The first kappa shape index (κ1) is 15.9. The minimum atomic E-state index is -1.24. The van der Waals surface area contributed by atoms with E-state index in [1.54, 1.807) is 6.08 Å². The molecule has 2 bridgehead atoms. The summed E-state index contributed by atoms with van der Waals surface area (Å²) in [6, 6.07) is 8.89. The highest BCUT2D eigenvalue weighted by atomic mass is 35.5. The Balaban J connectivity index is 1.71. The molecule has 1 amide bonds. The second-order valence-corrected chi connectivity index (χ2v) is 6.51. The number of nitrogens with zero attached hydrogens (tertiary/aromatic N) is 1. The van der Waals surface area contributed by atoms with Crippen LogP contribution in [0.2, 0.25) is 0 Å². The highest BCUT2D eigenvalue weighted by Gasteiger charge is 2.55. The number of ether oxygens (including phenoxy) is 2. The van der Waals surface area contributed by atoms with Gasteiger partial charge in [-0.25, -0.2) is 4.79 Å². The van der Waals surface area contributed by atoms with E-state index < -0.39 is 23.0 Å². The van der Waals surface area contributed by atoms with E-state index in [2.05, 4.69) is 0 Å². The summed E-state index contributed by atoms with van der Waals surface area (Å²) in [6.45, 7) is 0.686. The SMILES string of the molecule is COC(=O)[C@]1(Cl)C[C@@H]2C=C[C@H]1N(C(=O)OCc1ccccc1)C2. The molecule has 0 saturated carbocycles. The number of alkyl halides is 1. The molecule has 0 aromatic heterocycles. The second kappa shape index (κ2) is 6.24. The smallest absolute Gasteiger partial charge is 0.410 e. The lowest BCUT2D eigenvalue weighted by molar-refractivity contribution is -0.147. The Morgan fingerprint density at radius 2 is 2.04 bits per heavy atom. The van der Waals surface area contributed by atoms with Gasteiger partial charge in [-0.1, -0.05) is 42.5 Å². The Bertz CT molecular complexity index is 633. The van der Waals surface area contributed by atoms with Crippen LogP contribution in [0.5, 0.6) is 0 Å². The third kappa shape index (κ3) is 2.93. The molecule has 1 aromatic carbocycles. The molecule has 0 N–H and O–H groups in total. The topological polar surface area (TPSA) is 55.8 Å². The molecule has 2 heterocycles. The number of hydrogen-bond acceptors (Lipinski definition) is 4. The van der Waals surface area contributed by atoms with Crippen LogP contribution in [-0.4, -0.2) is 41.5 Å². The second-order valence-electron chi connectivity index (χ2n) is 5.84. The zero-order chi connectivity index (χ0) is 16.4. The van der Waals surface area contributed by atoms with Crippen molar-refractivity contribution in [2.24, 2.45) is 5.92 Å². The fraction of sp³-hybridized carbons (Fsp3) is 0.412. The van der Waals surface area contributed by atoms with Gasteiger partial charge in [0.1, 0.15) is 6.61 Å². The number of halogens is 1. The fourth-order valence-electron chi connectivity index (χ4n) is 3.19. The first-order valence-corrected chi connectivity index (χ1v) is 7.85. The number of piperidine rings is 1. The van der Waals surface area contributed by atoms with E-state index >= 15 is 0 Å². The summed E-state index contributed by atoms with van der Waals surface area (Å²) >= 11 is 6.50. The molecule has 0 unspecified atom stereocenters. The standard InChI is InChI=1S/C17H18ClNO4/c1-22-15(20)17(18)9-13-7-8-14(17)19(10-13)16(21)23-11-12-5-3-2-4-6-12/h2-8,13-14H,9-11H2,1H3/t13-,14+,17-/m0/s1. The van der Waals surface area contributed by atoms with Crippen LogP contribution in [0, 0.1) is 5.92 Å².